The Morgan fingerprint density at radius 1 is 1.45 bits per heavy atom. The molecule has 0 saturated carbocycles. The van der Waals surface area contributed by atoms with Crippen molar-refractivity contribution in [1.82, 2.24) is 4.90 Å². The second-order valence-corrected chi connectivity index (χ2v) is 5.05. The highest BCUT2D eigenvalue weighted by molar-refractivity contribution is 9.10. The van der Waals surface area contributed by atoms with Crippen LogP contribution in [0.1, 0.15) is 12.8 Å². The molecule has 0 aliphatic carbocycles. The topological polar surface area (TPSA) is 78.9 Å². The zero-order valence-electron chi connectivity index (χ0n) is 11.4. The van der Waals surface area contributed by atoms with E-state index < -0.39 is 5.97 Å². The Morgan fingerprint density at radius 2 is 2.15 bits per heavy atom. The molecule has 0 aromatic heterocycles. The number of nitrogens with zero attached hydrogens (tertiary/aromatic N) is 1. The van der Waals surface area contributed by atoms with E-state index in [0.717, 1.165) is 4.47 Å². The van der Waals surface area contributed by atoms with Crippen LogP contribution in [0, 0.1) is 0 Å². The van der Waals surface area contributed by atoms with E-state index >= 15 is 0 Å². The van der Waals surface area contributed by atoms with Crippen LogP contribution in [0.25, 0.3) is 0 Å². The number of benzene rings is 1. The van der Waals surface area contributed by atoms with Gasteiger partial charge in [0.1, 0.15) is 5.75 Å². The minimum Gasteiger partial charge on any atom is -0.497 e. The third-order valence-electron chi connectivity index (χ3n) is 2.65. The van der Waals surface area contributed by atoms with Crippen LogP contribution in [0.4, 0.5) is 10.5 Å². The Labute approximate surface area is 125 Å². The van der Waals surface area contributed by atoms with Gasteiger partial charge < -0.3 is 20.1 Å². The fraction of sp³-hybridized carbons (Fsp3) is 0.385. The highest BCUT2D eigenvalue weighted by atomic mass is 79.9. The Balaban J connectivity index is 2.58. The number of hydrogen-bond donors (Lipinski definition) is 2. The first-order valence-electron chi connectivity index (χ1n) is 6.01. The molecule has 0 bridgehead atoms. The largest absolute Gasteiger partial charge is 0.497 e. The minimum atomic E-state index is -0.866. The van der Waals surface area contributed by atoms with Gasteiger partial charge in [-0.15, -0.1) is 0 Å². The van der Waals surface area contributed by atoms with Crippen molar-refractivity contribution in [1.29, 1.82) is 0 Å². The fourth-order valence-corrected chi connectivity index (χ4v) is 1.85. The lowest BCUT2D eigenvalue weighted by Gasteiger charge is -2.18. The number of amides is 2. The van der Waals surface area contributed by atoms with Gasteiger partial charge in [0.2, 0.25) is 0 Å². The predicted octanol–water partition coefficient (Wildman–Crippen LogP) is 2.79. The Hall–Kier alpha value is -1.76. The van der Waals surface area contributed by atoms with Gasteiger partial charge in [-0.3, -0.25) is 4.79 Å². The third kappa shape index (κ3) is 5.08. The molecule has 0 aliphatic heterocycles. The van der Waals surface area contributed by atoms with Crippen LogP contribution < -0.4 is 10.1 Å². The van der Waals surface area contributed by atoms with Gasteiger partial charge in [-0.2, -0.15) is 0 Å². The van der Waals surface area contributed by atoms with Crippen LogP contribution in [0.15, 0.2) is 22.7 Å². The molecule has 110 valence electrons. The summed E-state index contributed by atoms with van der Waals surface area (Å²) in [7, 11) is 3.16. The van der Waals surface area contributed by atoms with E-state index in [9.17, 15) is 9.59 Å². The predicted molar refractivity (Wildman–Crippen MR) is 79.2 cm³/mol. The van der Waals surface area contributed by atoms with E-state index in [2.05, 4.69) is 21.2 Å². The van der Waals surface area contributed by atoms with Crippen LogP contribution in [-0.2, 0) is 4.79 Å². The molecule has 2 amide bonds. The van der Waals surface area contributed by atoms with Gasteiger partial charge in [-0.25, -0.2) is 4.79 Å². The highest BCUT2D eigenvalue weighted by Crippen LogP contribution is 2.27. The number of aliphatic carboxylic acids is 1. The first-order chi connectivity index (χ1) is 9.43. The number of methoxy groups -OCH3 is 1. The molecule has 0 spiro atoms. The molecule has 7 heteroatoms. The van der Waals surface area contributed by atoms with Gasteiger partial charge in [0.25, 0.3) is 0 Å². The second-order valence-electron chi connectivity index (χ2n) is 4.19. The number of hydrogen-bond acceptors (Lipinski definition) is 3. The number of carbonyl (C=O) groups is 2. The van der Waals surface area contributed by atoms with Gasteiger partial charge in [-0.05, 0) is 34.5 Å². The number of nitrogens with one attached hydrogen (secondary N) is 1. The van der Waals surface area contributed by atoms with Crippen LogP contribution in [0.2, 0.25) is 0 Å². The van der Waals surface area contributed by atoms with Crippen molar-refractivity contribution in [2.24, 2.45) is 0 Å². The SMILES string of the molecule is COc1ccc(Br)c(NC(=O)N(C)CCCC(=O)O)c1. The molecular weight excluding hydrogens is 328 g/mol. The standard InChI is InChI=1S/C13H17BrN2O4/c1-16(7-3-4-12(17)18)13(19)15-11-8-9(20-2)5-6-10(11)14/h5-6,8H,3-4,7H2,1-2H3,(H,15,19)(H,17,18). The maximum absolute atomic E-state index is 11.9. The van der Waals surface area contributed by atoms with Crippen molar-refractivity contribution in [3.05, 3.63) is 22.7 Å². The van der Waals surface area contributed by atoms with Gasteiger partial charge in [0, 0.05) is 30.6 Å². The summed E-state index contributed by atoms with van der Waals surface area (Å²) in [4.78, 5) is 23.8. The molecule has 20 heavy (non-hydrogen) atoms. The smallest absolute Gasteiger partial charge is 0.321 e. The third-order valence-corrected chi connectivity index (χ3v) is 3.34. The average Bonchev–Trinajstić information content (AvgIpc) is 2.40. The Kier molecular flexibility index (Phi) is 6.30. The van der Waals surface area contributed by atoms with Crippen molar-refractivity contribution in [3.8, 4) is 5.75 Å². The summed E-state index contributed by atoms with van der Waals surface area (Å²) >= 11 is 3.34. The maximum atomic E-state index is 11.9. The van der Waals surface area contributed by atoms with Gasteiger partial charge in [0.15, 0.2) is 0 Å². The first-order valence-corrected chi connectivity index (χ1v) is 6.80. The van der Waals surface area contributed by atoms with Crippen molar-refractivity contribution >= 4 is 33.6 Å². The Morgan fingerprint density at radius 3 is 2.75 bits per heavy atom. The number of carboxylic acids is 1. The summed E-state index contributed by atoms with van der Waals surface area (Å²) in [6, 6.07) is 4.95. The lowest BCUT2D eigenvalue weighted by Crippen LogP contribution is -2.32. The van der Waals surface area contributed by atoms with E-state index in [-0.39, 0.29) is 12.5 Å². The second kappa shape index (κ2) is 7.74. The molecule has 2 N–H and O–H groups in total. The number of carbonyl (C=O) groups excluding carboxylic acids is 1. The van der Waals surface area contributed by atoms with Gasteiger partial charge >= 0.3 is 12.0 Å². The zero-order valence-corrected chi connectivity index (χ0v) is 12.9. The van der Waals surface area contributed by atoms with Crippen LogP contribution >= 0.6 is 15.9 Å². The van der Waals surface area contributed by atoms with Crippen molar-refractivity contribution in [2.45, 2.75) is 12.8 Å². The normalized spacial score (nSPS) is 9.95. The molecule has 1 aromatic carbocycles. The summed E-state index contributed by atoms with van der Waals surface area (Å²) in [5.41, 5.74) is 0.597. The number of carboxylic acid groups (broad SMARTS) is 1. The van der Waals surface area contributed by atoms with Crippen LogP contribution in [0.5, 0.6) is 5.75 Å². The van der Waals surface area contributed by atoms with E-state index in [1.807, 2.05) is 0 Å². The summed E-state index contributed by atoms with van der Waals surface area (Å²) in [6.07, 6.45) is 0.457. The minimum absolute atomic E-state index is 0.0421. The van der Waals surface area contributed by atoms with E-state index in [1.54, 1.807) is 32.4 Å². The number of rotatable bonds is 6. The maximum Gasteiger partial charge on any atom is 0.321 e. The first kappa shape index (κ1) is 16.3. The number of halogens is 1. The van der Waals surface area contributed by atoms with Gasteiger partial charge in [-0.1, -0.05) is 0 Å². The highest BCUT2D eigenvalue weighted by Gasteiger charge is 2.11. The monoisotopic (exact) mass is 344 g/mol. The summed E-state index contributed by atoms with van der Waals surface area (Å²) in [5.74, 6) is -0.230. The van der Waals surface area contributed by atoms with Crippen LogP contribution in [0.3, 0.4) is 0 Å². The number of urea groups is 1. The molecule has 0 fully saturated rings. The van der Waals surface area contributed by atoms with Crippen molar-refractivity contribution < 1.29 is 19.4 Å². The zero-order chi connectivity index (χ0) is 15.1. The van der Waals surface area contributed by atoms with E-state index in [4.69, 9.17) is 9.84 Å². The molecule has 0 unspecified atom stereocenters. The molecular formula is C13H17BrN2O4. The summed E-state index contributed by atoms with van der Waals surface area (Å²) in [5, 5.41) is 11.3. The van der Waals surface area contributed by atoms with Crippen molar-refractivity contribution in [2.75, 3.05) is 26.0 Å². The van der Waals surface area contributed by atoms with E-state index in [1.165, 1.54) is 4.90 Å². The van der Waals surface area contributed by atoms with Gasteiger partial charge in [0.05, 0.1) is 12.8 Å². The summed E-state index contributed by atoms with van der Waals surface area (Å²) in [6.45, 7) is 0.375. The van der Waals surface area contributed by atoms with Crippen LogP contribution in [-0.4, -0.2) is 42.7 Å². The molecule has 0 saturated heterocycles. The summed E-state index contributed by atoms with van der Waals surface area (Å²) < 4.78 is 5.83. The molecule has 0 atom stereocenters. The molecule has 1 rings (SSSR count). The Bertz CT molecular complexity index is 493. The molecule has 0 radical (unpaired) electrons. The number of ether oxygens (including phenoxy) is 1. The molecule has 0 aliphatic rings. The fourth-order valence-electron chi connectivity index (χ4n) is 1.51. The number of anilines is 1. The van der Waals surface area contributed by atoms with Crippen molar-refractivity contribution in [3.63, 3.8) is 0 Å². The lowest BCUT2D eigenvalue weighted by molar-refractivity contribution is -0.137. The van der Waals surface area contributed by atoms with E-state index in [0.29, 0.717) is 24.4 Å². The lowest BCUT2D eigenvalue weighted by atomic mass is 10.3. The molecule has 0 heterocycles. The quantitative estimate of drug-likeness (QED) is 0.831. The molecule has 6 nitrogen and oxygen atoms in total. The molecule has 1 aromatic rings. The average molecular weight is 345 g/mol.